The lowest BCUT2D eigenvalue weighted by molar-refractivity contribution is -0.720. The number of nitrogens with zero attached hydrogens (tertiary/aromatic N) is 1. The van der Waals surface area contributed by atoms with Crippen LogP contribution in [0.5, 0.6) is 0 Å². The van der Waals surface area contributed by atoms with E-state index in [0.29, 0.717) is 6.04 Å². The van der Waals surface area contributed by atoms with Crippen molar-refractivity contribution in [3.8, 4) is 11.3 Å². The van der Waals surface area contributed by atoms with Crippen LogP contribution in [0.4, 0.5) is 0 Å². The van der Waals surface area contributed by atoms with E-state index in [2.05, 4.69) is 87.0 Å². The molecule has 1 nitrogen and oxygen atoms in total. The average molecular weight is 359 g/mol. The van der Waals surface area contributed by atoms with Gasteiger partial charge in [-0.1, -0.05) is 57.5 Å². The lowest BCUT2D eigenvalue weighted by Crippen LogP contribution is -2.54. The molecule has 1 atom stereocenters. The lowest BCUT2D eigenvalue weighted by atomic mass is 9.66. The molecule has 140 valence electrons. The zero-order valence-electron chi connectivity index (χ0n) is 17.3. The molecule has 0 aliphatic carbocycles. The summed E-state index contributed by atoms with van der Waals surface area (Å²) in [6.07, 6.45) is 8.37. The van der Waals surface area contributed by atoms with Crippen LogP contribution < -0.4 is 4.57 Å². The van der Waals surface area contributed by atoms with Gasteiger partial charge in [-0.05, 0) is 61.3 Å². The van der Waals surface area contributed by atoms with Crippen LogP contribution in [-0.4, -0.2) is 0 Å². The molecule has 0 saturated carbocycles. The number of hydrogen-bond acceptors (Lipinski definition) is 0. The molecule has 0 saturated heterocycles. The zero-order valence-corrected chi connectivity index (χ0v) is 17.3. The van der Waals surface area contributed by atoms with Gasteiger partial charge in [-0.2, -0.15) is 4.57 Å². The van der Waals surface area contributed by atoms with E-state index in [1.807, 2.05) is 0 Å². The predicted molar refractivity (Wildman–Crippen MR) is 115 cm³/mol. The van der Waals surface area contributed by atoms with Crippen LogP contribution in [0.25, 0.3) is 22.0 Å². The van der Waals surface area contributed by atoms with Gasteiger partial charge in [-0.3, -0.25) is 0 Å². The summed E-state index contributed by atoms with van der Waals surface area (Å²) in [5.74, 6) is 0. The fraction of sp³-hybridized carbons (Fsp3) is 0.423. The number of aryl methyl sites for hydroxylation is 1. The summed E-state index contributed by atoms with van der Waals surface area (Å²) in [6.45, 7) is 9.38. The van der Waals surface area contributed by atoms with E-state index in [-0.39, 0.29) is 5.41 Å². The summed E-state index contributed by atoms with van der Waals surface area (Å²) in [5.41, 5.74) is 6.03. The number of fused-ring (bicyclic) bond motifs is 5. The van der Waals surface area contributed by atoms with Crippen molar-refractivity contribution in [2.24, 2.45) is 0 Å². The number of rotatable bonds is 5. The van der Waals surface area contributed by atoms with Gasteiger partial charge in [-0.15, -0.1) is 0 Å². The molecule has 0 bridgehead atoms. The van der Waals surface area contributed by atoms with Crippen LogP contribution in [0.2, 0.25) is 0 Å². The number of benzene rings is 2. The molecule has 0 fully saturated rings. The highest BCUT2D eigenvalue weighted by atomic mass is 15.0. The van der Waals surface area contributed by atoms with E-state index in [4.69, 9.17) is 0 Å². The van der Waals surface area contributed by atoms with Crippen molar-refractivity contribution >= 4 is 10.8 Å². The Balaban J connectivity index is 1.97. The Bertz CT molecular complexity index is 965. The maximum atomic E-state index is 2.55. The van der Waals surface area contributed by atoms with Crippen molar-refractivity contribution in [2.75, 3.05) is 0 Å². The first kappa shape index (κ1) is 18.2. The molecule has 4 rings (SSSR count). The molecule has 1 aliphatic rings. The van der Waals surface area contributed by atoms with Crippen LogP contribution in [0, 0.1) is 0 Å². The fourth-order valence-electron chi connectivity index (χ4n) is 5.32. The topological polar surface area (TPSA) is 3.88 Å². The summed E-state index contributed by atoms with van der Waals surface area (Å²) < 4.78 is 2.55. The van der Waals surface area contributed by atoms with Crippen LogP contribution >= 0.6 is 0 Å². The molecule has 0 spiro atoms. The fourth-order valence-corrected chi connectivity index (χ4v) is 5.32. The van der Waals surface area contributed by atoms with Gasteiger partial charge in [0.25, 0.3) is 0 Å². The minimum Gasteiger partial charge on any atom is -0.194 e. The third-order valence-corrected chi connectivity index (χ3v) is 7.06. The Morgan fingerprint density at radius 1 is 0.963 bits per heavy atom. The van der Waals surface area contributed by atoms with Crippen LogP contribution in [0.1, 0.15) is 70.5 Å². The van der Waals surface area contributed by atoms with E-state index in [0.717, 1.165) is 0 Å². The molecule has 1 aliphatic heterocycles. The minimum atomic E-state index is 0.211. The molecule has 3 aromatic rings. The summed E-state index contributed by atoms with van der Waals surface area (Å²) in [5, 5.41) is 2.76. The Hall–Kier alpha value is -2.15. The first-order chi connectivity index (χ1) is 13.2. The first-order valence-electron chi connectivity index (χ1n) is 10.7. The van der Waals surface area contributed by atoms with E-state index >= 15 is 0 Å². The second kappa shape index (κ2) is 7.11. The molecule has 2 aromatic carbocycles. The number of hydrogen-bond donors (Lipinski definition) is 0. The molecule has 27 heavy (non-hydrogen) atoms. The SMILES string of the molecule is CCCCc1ccc2c3[n+](ccc2c1)C(C)C(CC)(CC)c1ccccc1-3. The summed E-state index contributed by atoms with van der Waals surface area (Å²) >= 11 is 0. The number of aromatic nitrogens is 1. The van der Waals surface area contributed by atoms with E-state index in [1.165, 1.54) is 65.3 Å². The number of pyridine rings is 1. The Kier molecular flexibility index (Phi) is 4.80. The van der Waals surface area contributed by atoms with Crippen LogP contribution in [0.15, 0.2) is 54.7 Å². The Morgan fingerprint density at radius 2 is 1.74 bits per heavy atom. The van der Waals surface area contributed by atoms with E-state index in [1.54, 1.807) is 0 Å². The van der Waals surface area contributed by atoms with Gasteiger partial charge in [0.05, 0.1) is 16.4 Å². The van der Waals surface area contributed by atoms with Gasteiger partial charge in [0.15, 0.2) is 12.2 Å². The summed E-state index contributed by atoms with van der Waals surface area (Å²) in [7, 11) is 0. The molecule has 1 aromatic heterocycles. The first-order valence-corrected chi connectivity index (χ1v) is 10.7. The van der Waals surface area contributed by atoms with E-state index in [9.17, 15) is 0 Å². The molecular formula is C26H32N+. The molecule has 1 heteroatoms. The second-order valence-corrected chi connectivity index (χ2v) is 8.18. The Labute approximate surface area is 164 Å². The predicted octanol–water partition coefficient (Wildman–Crippen LogP) is 6.77. The van der Waals surface area contributed by atoms with Gasteiger partial charge in [0, 0.05) is 6.07 Å². The quantitative estimate of drug-likeness (QED) is 0.443. The highest BCUT2D eigenvalue weighted by molar-refractivity contribution is 5.94. The molecular weight excluding hydrogens is 326 g/mol. The molecule has 0 radical (unpaired) electrons. The van der Waals surface area contributed by atoms with Crippen molar-refractivity contribution < 1.29 is 4.57 Å². The zero-order chi connectivity index (χ0) is 19.0. The molecule has 0 N–H and O–H groups in total. The van der Waals surface area contributed by atoms with Gasteiger partial charge in [0.1, 0.15) is 0 Å². The normalized spacial score (nSPS) is 17.6. The largest absolute Gasteiger partial charge is 0.220 e. The highest BCUT2D eigenvalue weighted by Crippen LogP contribution is 2.48. The smallest absolute Gasteiger partial charge is 0.194 e. The molecule has 1 unspecified atom stereocenters. The van der Waals surface area contributed by atoms with Crippen molar-refractivity contribution in [3.63, 3.8) is 0 Å². The third kappa shape index (κ3) is 2.71. The van der Waals surface area contributed by atoms with Crippen LogP contribution in [0.3, 0.4) is 0 Å². The standard InChI is InChI=1S/C26H32N/c1-5-8-11-20-14-15-22-21(18-20)16-17-27-19(4)26(6-2,7-3)24-13-10-9-12-23(24)25(22)27/h9-10,12-19H,5-8,11H2,1-4H3/q+1. The van der Waals surface area contributed by atoms with Crippen LogP contribution in [-0.2, 0) is 11.8 Å². The third-order valence-electron chi connectivity index (χ3n) is 7.06. The maximum Gasteiger partial charge on any atom is 0.220 e. The van der Waals surface area contributed by atoms with Crippen molar-refractivity contribution in [1.29, 1.82) is 0 Å². The van der Waals surface area contributed by atoms with Gasteiger partial charge in [0.2, 0.25) is 5.69 Å². The highest BCUT2D eigenvalue weighted by Gasteiger charge is 2.47. The average Bonchev–Trinajstić information content (AvgIpc) is 2.72. The van der Waals surface area contributed by atoms with Crippen molar-refractivity contribution in [3.05, 3.63) is 65.9 Å². The van der Waals surface area contributed by atoms with Crippen molar-refractivity contribution in [2.45, 2.75) is 71.3 Å². The monoisotopic (exact) mass is 358 g/mol. The van der Waals surface area contributed by atoms with Gasteiger partial charge < -0.3 is 0 Å². The van der Waals surface area contributed by atoms with Crippen molar-refractivity contribution in [1.82, 2.24) is 0 Å². The molecule has 2 heterocycles. The summed E-state index contributed by atoms with van der Waals surface area (Å²) in [6, 6.07) is 19.0. The second-order valence-electron chi connectivity index (χ2n) is 8.18. The van der Waals surface area contributed by atoms with Gasteiger partial charge in [-0.25, -0.2) is 0 Å². The number of unbranched alkanes of at least 4 members (excludes halogenated alkanes) is 1. The lowest BCUT2D eigenvalue weighted by Gasteiger charge is -2.40. The Morgan fingerprint density at radius 3 is 2.48 bits per heavy atom. The maximum absolute atomic E-state index is 2.55. The van der Waals surface area contributed by atoms with E-state index < -0.39 is 0 Å². The minimum absolute atomic E-state index is 0.211. The van der Waals surface area contributed by atoms with Gasteiger partial charge >= 0.3 is 0 Å². The summed E-state index contributed by atoms with van der Waals surface area (Å²) in [4.78, 5) is 0. The molecule has 0 amide bonds.